The second-order valence-corrected chi connectivity index (χ2v) is 3.82. The van der Waals surface area contributed by atoms with E-state index in [4.69, 9.17) is 0 Å². The zero-order valence-corrected chi connectivity index (χ0v) is 8.96. The van der Waals surface area contributed by atoms with Gasteiger partial charge in [-0.1, -0.05) is 13.3 Å². The molecular weight excluding hydrogens is 158 g/mol. The van der Waals surface area contributed by atoms with Crippen LogP contribution in [-0.4, -0.2) is 0 Å². The Kier molecular flexibility index (Phi) is 3.94. The number of nitrogens with zero attached hydrogens (tertiary/aromatic N) is 1. The van der Waals surface area contributed by atoms with Gasteiger partial charge in [-0.05, 0) is 26.3 Å². The molecule has 1 nitrogen and oxygen atoms in total. The van der Waals surface area contributed by atoms with E-state index in [0.717, 1.165) is 0 Å². The van der Waals surface area contributed by atoms with Gasteiger partial charge < -0.3 is 0 Å². The maximum atomic E-state index is 2.31. The average molecular weight is 178 g/mol. The maximum Gasteiger partial charge on any atom is 0.171 e. The molecule has 0 radical (unpaired) electrons. The summed E-state index contributed by atoms with van der Waals surface area (Å²) >= 11 is 0. The van der Waals surface area contributed by atoms with E-state index in [0.29, 0.717) is 6.04 Å². The average Bonchev–Trinajstić information content (AvgIpc) is 2.14. The lowest BCUT2D eigenvalue weighted by Gasteiger charge is -2.05. The first-order valence-corrected chi connectivity index (χ1v) is 5.21. The van der Waals surface area contributed by atoms with Crippen LogP contribution in [0.15, 0.2) is 24.5 Å². The molecule has 1 unspecified atom stereocenters. The first kappa shape index (κ1) is 10.2. The predicted molar refractivity (Wildman–Crippen MR) is 55.6 cm³/mol. The Morgan fingerprint density at radius 2 is 2.23 bits per heavy atom. The lowest BCUT2D eigenvalue weighted by Crippen LogP contribution is -2.37. The summed E-state index contributed by atoms with van der Waals surface area (Å²) in [6.45, 7) is 6.67. The largest absolute Gasteiger partial charge is 0.203 e. The van der Waals surface area contributed by atoms with E-state index >= 15 is 0 Å². The molecule has 72 valence electrons. The van der Waals surface area contributed by atoms with Crippen molar-refractivity contribution in [2.45, 2.75) is 46.1 Å². The topological polar surface area (TPSA) is 3.88 Å². The highest BCUT2D eigenvalue weighted by Gasteiger charge is 2.10. The van der Waals surface area contributed by atoms with Gasteiger partial charge in [0.05, 0.1) is 0 Å². The summed E-state index contributed by atoms with van der Waals surface area (Å²) in [7, 11) is 0. The van der Waals surface area contributed by atoms with E-state index in [1.54, 1.807) is 0 Å². The minimum absolute atomic E-state index is 0.639. The van der Waals surface area contributed by atoms with Crippen molar-refractivity contribution in [1.82, 2.24) is 0 Å². The Balaban J connectivity index is 2.60. The number of aromatic nitrogens is 1. The molecule has 0 spiro atoms. The molecule has 1 atom stereocenters. The van der Waals surface area contributed by atoms with Crippen LogP contribution in [0.3, 0.4) is 0 Å². The van der Waals surface area contributed by atoms with Gasteiger partial charge in [0.15, 0.2) is 18.4 Å². The van der Waals surface area contributed by atoms with Crippen LogP contribution >= 0.6 is 0 Å². The molecule has 0 bridgehead atoms. The van der Waals surface area contributed by atoms with Crippen molar-refractivity contribution < 1.29 is 4.57 Å². The molecule has 1 heterocycles. The number of hydrogen-bond acceptors (Lipinski definition) is 0. The lowest BCUT2D eigenvalue weighted by atomic mass is 10.1. The van der Waals surface area contributed by atoms with E-state index < -0.39 is 0 Å². The van der Waals surface area contributed by atoms with E-state index in [1.807, 2.05) is 0 Å². The summed E-state index contributed by atoms with van der Waals surface area (Å²) in [6.07, 6.45) is 8.27. The van der Waals surface area contributed by atoms with Gasteiger partial charge in [0.25, 0.3) is 0 Å². The van der Waals surface area contributed by atoms with E-state index in [1.165, 1.54) is 24.8 Å². The van der Waals surface area contributed by atoms with Crippen molar-refractivity contribution in [2.75, 3.05) is 0 Å². The molecule has 1 heteroatoms. The Morgan fingerprint density at radius 3 is 2.85 bits per heavy atom. The number of hydrogen-bond donors (Lipinski definition) is 0. The molecule has 0 aliphatic rings. The molecule has 0 aliphatic heterocycles. The highest BCUT2D eigenvalue weighted by atomic mass is 15.0. The van der Waals surface area contributed by atoms with Crippen molar-refractivity contribution in [3.63, 3.8) is 0 Å². The monoisotopic (exact) mass is 178 g/mol. The highest BCUT2D eigenvalue weighted by Crippen LogP contribution is 2.07. The van der Waals surface area contributed by atoms with Crippen LogP contribution in [0.25, 0.3) is 0 Å². The van der Waals surface area contributed by atoms with Crippen LogP contribution in [0.2, 0.25) is 0 Å². The quantitative estimate of drug-likeness (QED) is 0.624. The summed E-state index contributed by atoms with van der Waals surface area (Å²) in [5, 5.41) is 0. The number of unbranched alkanes of at least 4 members (excludes halogenated alkanes) is 1. The van der Waals surface area contributed by atoms with Crippen LogP contribution in [0, 0.1) is 6.92 Å². The van der Waals surface area contributed by atoms with Gasteiger partial charge >= 0.3 is 0 Å². The van der Waals surface area contributed by atoms with E-state index in [-0.39, 0.29) is 0 Å². The third-order valence-electron chi connectivity index (χ3n) is 2.45. The third kappa shape index (κ3) is 3.17. The predicted octanol–water partition coefficient (Wildman–Crippen LogP) is 3.03. The van der Waals surface area contributed by atoms with Crippen molar-refractivity contribution in [1.29, 1.82) is 0 Å². The molecule has 0 saturated heterocycles. The molecule has 0 N–H and O–H groups in total. The van der Waals surface area contributed by atoms with Gasteiger partial charge in [0.2, 0.25) is 0 Å². The van der Waals surface area contributed by atoms with Crippen LogP contribution < -0.4 is 4.57 Å². The van der Waals surface area contributed by atoms with E-state index in [2.05, 4.69) is 49.9 Å². The molecule has 1 aromatic rings. The molecule has 1 aromatic heterocycles. The van der Waals surface area contributed by atoms with Gasteiger partial charge in [-0.25, -0.2) is 4.57 Å². The van der Waals surface area contributed by atoms with Gasteiger partial charge in [0, 0.05) is 18.1 Å². The van der Waals surface area contributed by atoms with Crippen LogP contribution in [0.4, 0.5) is 0 Å². The molecule has 0 fully saturated rings. The van der Waals surface area contributed by atoms with Crippen LogP contribution in [0.1, 0.15) is 44.7 Å². The number of rotatable bonds is 4. The summed E-state index contributed by atoms with van der Waals surface area (Å²) in [5.41, 5.74) is 1.34. The van der Waals surface area contributed by atoms with Crippen molar-refractivity contribution in [3.05, 3.63) is 30.1 Å². The molecule has 0 saturated carbocycles. The minimum Gasteiger partial charge on any atom is -0.203 e. The van der Waals surface area contributed by atoms with Crippen LogP contribution in [-0.2, 0) is 0 Å². The summed E-state index contributed by atoms with van der Waals surface area (Å²) in [6, 6.07) is 4.90. The fourth-order valence-corrected chi connectivity index (χ4v) is 1.54. The Morgan fingerprint density at radius 1 is 1.46 bits per heavy atom. The van der Waals surface area contributed by atoms with Crippen LogP contribution in [0.5, 0.6) is 0 Å². The van der Waals surface area contributed by atoms with Crippen molar-refractivity contribution in [3.8, 4) is 0 Å². The number of aryl methyl sites for hydroxylation is 1. The Bertz CT molecular complexity index is 255. The molecule has 13 heavy (non-hydrogen) atoms. The summed E-state index contributed by atoms with van der Waals surface area (Å²) in [4.78, 5) is 0. The zero-order chi connectivity index (χ0) is 9.68. The summed E-state index contributed by atoms with van der Waals surface area (Å²) in [5.74, 6) is 0. The van der Waals surface area contributed by atoms with Gasteiger partial charge in [-0.15, -0.1) is 0 Å². The lowest BCUT2D eigenvalue weighted by molar-refractivity contribution is -0.720. The zero-order valence-electron chi connectivity index (χ0n) is 8.96. The van der Waals surface area contributed by atoms with Gasteiger partial charge in [0.1, 0.15) is 0 Å². The Labute approximate surface area is 81.4 Å². The first-order chi connectivity index (χ1) is 6.24. The molecule has 0 amide bonds. The molecule has 0 aromatic carbocycles. The van der Waals surface area contributed by atoms with Crippen molar-refractivity contribution >= 4 is 0 Å². The van der Waals surface area contributed by atoms with Gasteiger partial charge in [-0.2, -0.15) is 0 Å². The summed E-state index contributed by atoms with van der Waals surface area (Å²) < 4.78 is 2.31. The second kappa shape index (κ2) is 5.00. The number of pyridine rings is 1. The molecular formula is C12H20N+. The molecule has 1 rings (SSSR count). The van der Waals surface area contributed by atoms with E-state index in [9.17, 15) is 0 Å². The fourth-order valence-electron chi connectivity index (χ4n) is 1.54. The molecule has 0 aliphatic carbocycles. The Hall–Kier alpha value is -0.850. The second-order valence-electron chi connectivity index (χ2n) is 3.82. The highest BCUT2D eigenvalue weighted by molar-refractivity contribution is 5.01. The smallest absolute Gasteiger partial charge is 0.171 e. The normalized spacial score (nSPS) is 12.8. The fraction of sp³-hybridized carbons (Fsp3) is 0.583. The standard InChI is InChI=1S/C12H20N/c1-4-5-8-12(3)13-9-6-7-11(2)10-13/h6-7,9-10,12H,4-5,8H2,1-3H3/q+1. The third-order valence-corrected chi connectivity index (χ3v) is 2.45. The van der Waals surface area contributed by atoms with Gasteiger partial charge in [-0.3, -0.25) is 0 Å². The van der Waals surface area contributed by atoms with Crippen molar-refractivity contribution in [2.24, 2.45) is 0 Å². The minimum atomic E-state index is 0.639. The SMILES string of the molecule is CCCCC(C)[n+]1cccc(C)c1. The maximum absolute atomic E-state index is 2.31. The first-order valence-electron chi connectivity index (χ1n) is 5.21.